The van der Waals surface area contributed by atoms with Crippen LogP contribution in [0, 0.1) is 0 Å². The molecule has 30 heavy (non-hydrogen) atoms. The van der Waals surface area contributed by atoms with Gasteiger partial charge in [-0.1, -0.05) is 64.7 Å². The third kappa shape index (κ3) is 7.11. The number of halogens is 2. The molecule has 2 rings (SSSR count). The lowest BCUT2D eigenvalue weighted by molar-refractivity contribution is 0.111. The van der Waals surface area contributed by atoms with E-state index in [4.69, 9.17) is 4.74 Å². The maximum absolute atomic E-state index is 13.2. The summed E-state index contributed by atoms with van der Waals surface area (Å²) in [5.41, 5.74) is -0.124. The molecule has 0 radical (unpaired) electrons. The Morgan fingerprint density at radius 3 is 2.10 bits per heavy atom. The molecule has 0 aliphatic carbocycles. The first-order chi connectivity index (χ1) is 14.6. The lowest BCUT2D eigenvalue weighted by atomic mass is 10.1. The number of benzene rings is 1. The number of imidazole rings is 1. The maximum Gasteiger partial charge on any atom is 0.296 e. The predicted octanol–water partition coefficient (Wildman–Crippen LogP) is 6.63. The number of hydrogen-bond acceptors (Lipinski definition) is 4. The molecule has 0 atom stereocenters. The molecule has 1 aromatic heterocycles. The Bertz CT molecular complexity index is 761. The van der Waals surface area contributed by atoms with Crippen molar-refractivity contribution in [1.82, 2.24) is 9.55 Å². The van der Waals surface area contributed by atoms with Gasteiger partial charge in [0.15, 0.2) is 17.8 Å². The van der Waals surface area contributed by atoms with Crippen molar-refractivity contribution in [3.63, 3.8) is 0 Å². The molecule has 0 aliphatic heterocycles. The van der Waals surface area contributed by atoms with Crippen LogP contribution in [0.3, 0.4) is 0 Å². The Balaban J connectivity index is 1.73. The van der Waals surface area contributed by atoms with E-state index in [9.17, 15) is 18.7 Å². The van der Waals surface area contributed by atoms with Crippen molar-refractivity contribution in [2.45, 2.75) is 77.6 Å². The summed E-state index contributed by atoms with van der Waals surface area (Å²) in [4.78, 5) is 14.4. The molecular formula is C23H32F2N2O3. The van der Waals surface area contributed by atoms with Crippen LogP contribution < -0.4 is 4.74 Å². The number of unbranched alkanes of at least 4 members (excludes halogenated alkanes) is 9. The van der Waals surface area contributed by atoms with Crippen LogP contribution in [0.15, 0.2) is 24.3 Å². The van der Waals surface area contributed by atoms with E-state index in [0.29, 0.717) is 12.4 Å². The van der Waals surface area contributed by atoms with Crippen molar-refractivity contribution in [3.8, 4) is 17.3 Å². The summed E-state index contributed by atoms with van der Waals surface area (Å²) in [7, 11) is 0. The molecule has 0 unspecified atom stereocenters. The molecule has 0 saturated heterocycles. The smallest absolute Gasteiger partial charge is 0.296 e. The average Bonchev–Trinajstić information content (AvgIpc) is 3.09. The van der Waals surface area contributed by atoms with Gasteiger partial charge in [0.1, 0.15) is 5.75 Å². The standard InChI is InChI=1S/C23H32F2N2O3/c1-2-3-4-5-6-7-8-9-10-11-16-30-19-14-12-18(13-15-19)27-22(21(24)25)26-20(17-28)23(27)29/h12-15,17,21,29H,2-11,16H2,1H3. The van der Waals surface area contributed by atoms with Crippen molar-refractivity contribution in [2.75, 3.05) is 6.61 Å². The van der Waals surface area contributed by atoms with Crippen LogP contribution in [0.1, 0.15) is 93.9 Å². The zero-order valence-corrected chi connectivity index (χ0v) is 17.7. The first-order valence-corrected chi connectivity index (χ1v) is 10.9. The van der Waals surface area contributed by atoms with E-state index < -0.39 is 23.8 Å². The van der Waals surface area contributed by atoms with E-state index in [1.165, 1.54) is 51.4 Å². The Morgan fingerprint density at radius 1 is 1.00 bits per heavy atom. The molecular weight excluding hydrogens is 390 g/mol. The molecule has 5 nitrogen and oxygen atoms in total. The summed E-state index contributed by atoms with van der Waals surface area (Å²) >= 11 is 0. The van der Waals surface area contributed by atoms with Crippen molar-refractivity contribution in [3.05, 3.63) is 35.8 Å². The lowest BCUT2D eigenvalue weighted by Gasteiger charge is -2.10. The van der Waals surface area contributed by atoms with Gasteiger partial charge in [-0.15, -0.1) is 0 Å². The molecule has 0 bridgehead atoms. The maximum atomic E-state index is 13.2. The van der Waals surface area contributed by atoms with E-state index in [1.807, 2.05) is 0 Å². The summed E-state index contributed by atoms with van der Waals surface area (Å²) in [5, 5.41) is 10.0. The molecule has 1 aromatic carbocycles. The highest BCUT2D eigenvalue weighted by Gasteiger charge is 2.23. The molecule has 1 heterocycles. The minimum Gasteiger partial charge on any atom is -0.494 e. The highest BCUT2D eigenvalue weighted by Crippen LogP contribution is 2.30. The average molecular weight is 423 g/mol. The summed E-state index contributed by atoms with van der Waals surface area (Å²) in [6.07, 6.45) is 9.87. The van der Waals surface area contributed by atoms with Crippen molar-refractivity contribution >= 4 is 6.29 Å². The van der Waals surface area contributed by atoms with Crippen LogP contribution in [-0.2, 0) is 0 Å². The fourth-order valence-electron chi connectivity index (χ4n) is 3.40. The third-order valence-corrected chi connectivity index (χ3v) is 5.07. The Labute approximate surface area is 177 Å². The van der Waals surface area contributed by atoms with Crippen LogP contribution >= 0.6 is 0 Å². The zero-order valence-electron chi connectivity index (χ0n) is 17.7. The number of carbonyl (C=O) groups excluding carboxylic acids is 1. The Kier molecular flexibility index (Phi) is 10.3. The van der Waals surface area contributed by atoms with Gasteiger partial charge in [-0.3, -0.25) is 9.36 Å². The second-order valence-corrected chi connectivity index (χ2v) is 7.46. The van der Waals surface area contributed by atoms with Gasteiger partial charge in [0.05, 0.1) is 12.3 Å². The predicted molar refractivity (Wildman–Crippen MR) is 113 cm³/mol. The summed E-state index contributed by atoms with van der Waals surface area (Å²) in [5.74, 6) is -0.642. The first kappa shape index (κ1) is 23.8. The monoisotopic (exact) mass is 422 g/mol. The highest BCUT2D eigenvalue weighted by molar-refractivity contribution is 5.76. The zero-order chi connectivity index (χ0) is 21.8. The molecule has 0 amide bonds. The second-order valence-electron chi connectivity index (χ2n) is 7.46. The molecule has 0 saturated carbocycles. The Hall–Kier alpha value is -2.44. The number of aromatic hydroxyl groups is 1. The molecule has 2 aromatic rings. The van der Waals surface area contributed by atoms with Crippen LogP contribution in [-0.4, -0.2) is 27.6 Å². The van der Waals surface area contributed by atoms with E-state index in [0.717, 1.165) is 17.4 Å². The van der Waals surface area contributed by atoms with Crippen LogP contribution in [0.5, 0.6) is 11.6 Å². The molecule has 0 aliphatic rings. The molecule has 1 N–H and O–H groups in total. The van der Waals surface area contributed by atoms with E-state index in [1.54, 1.807) is 24.3 Å². The topological polar surface area (TPSA) is 64.4 Å². The highest BCUT2D eigenvalue weighted by atomic mass is 19.3. The summed E-state index contributed by atoms with van der Waals surface area (Å²) in [6.45, 7) is 2.83. The van der Waals surface area contributed by atoms with Crippen LogP contribution in [0.25, 0.3) is 5.69 Å². The van der Waals surface area contributed by atoms with Crippen molar-refractivity contribution in [1.29, 1.82) is 0 Å². The number of hydrogen-bond donors (Lipinski definition) is 1. The number of ether oxygens (including phenoxy) is 1. The van der Waals surface area contributed by atoms with Gasteiger partial charge in [0.25, 0.3) is 6.43 Å². The minimum absolute atomic E-state index is 0.252. The number of alkyl halides is 2. The largest absolute Gasteiger partial charge is 0.494 e. The summed E-state index contributed by atoms with van der Waals surface area (Å²) < 4.78 is 32.9. The molecule has 7 heteroatoms. The number of carbonyl (C=O) groups is 1. The van der Waals surface area contributed by atoms with Gasteiger partial charge < -0.3 is 9.84 Å². The lowest BCUT2D eigenvalue weighted by Crippen LogP contribution is -2.02. The fraction of sp³-hybridized carbons (Fsp3) is 0.565. The van der Waals surface area contributed by atoms with Gasteiger partial charge in [-0.05, 0) is 30.7 Å². The molecule has 0 spiro atoms. The number of aldehydes is 1. The summed E-state index contributed by atoms with van der Waals surface area (Å²) in [6, 6.07) is 6.41. The van der Waals surface area contributed by atoms with Crippen LogP contribution in [0.4, 0.5) is 8.78 Å². The number of aromatic nitrogens is 2. The first-order valence-electron chi connectivity index (χ1n) is 10.9. The molecule has 166 valence electrons. The SMILES string of the molecule is CCCCCCCCCCCCOc1ccc(-n2c(C(F)F)nc(C=O)c2O)cc1. The fourth-order valence-corrected chi connectivity index (χ4v) is 3.40. The van der Waals surface area contributed by atoms with Crippen molar-refractivity contribution < 1.29 is 23.4 Å². The quantitative estimate of drug-likeness (QED) is 0.258. The van der Waals surface area contributed by atoms with Gasteiger partial charge in [0, 0.05) is 0 Å². The number of nitrogens with zero attached hydrogens (tertiary/aromatic N) is 2. The van der Waals surface area contributed by atoms with E-state index in [-0.39, 0.29) is 12.0 Å². The van der Waals surface area contributed by atoms with Gasteiger partial charge >= 0.3 is 0 Å². The van der Waals surface area contributed by atoms with Crippen molar-refractivity contribution in [2.24, 2.45) is 0 Å². The van der Waals surface area contributed by atoms with Gasteiger partial charge in [-0.25, -0.2) is 13.8 Å². The number of rotatable bonds is 15. The Morgan fingerprint density at radius 2 is 1.57 bits per heavy atom. The third-order valence-electron chi connectivity index (χ3n) is 5.07. The van der Waals surface area contributed by atoms with Crippen LogP contribution in [0.2, 0.25) is 0 Å². The molecule has 0 fully saturated rings. The second kappa shape index (κ2) is 13.0. The normalized spacial score (nSPS) is 11.2. The van der Waals surface area contributed by atoms with Gasteiger partial charge in [-0.2, -0.15) is 0 Å². The van der Waals surface area contributed by atoms with E-state index in [2.05, 4.69) is 11.9 Å². The van der Waals surface area contributed by atoms with E-state index >= 15 is 0 Å². The minimum atomic E-state index is -2.92. The van der Waals surface area contributed by atoms with Gasteiger partial charge in [0.2, 0.25) is 5.88 Å².